The van der Waals surface area contributed by atoms with E-state index in [0.29, 0.717) is 17.3 Å². The molecule has 3 heterocycles. The normalized spacial score (nSPS) is 12.0. The minimum atomic E-state index is -0.772. The second-order valence-electron chi connectivity index (χ2n) is 6.86. The molecule has 10 heteroatoms. The van der Waals surface area contributed by atoms with Gasteiger partial charge < -0.3 is 15.5 Å². The lowest BCUT2D eigenvalue weighted by molar-refractivity contribution is -0.136. The van der Waals surface area contributed by atoms with Crippen molar-refractivity contribution < 1.29 is 9.59 Å². The van der Waals surface area contributed by atoms with Crippen LogP contribution in [-0.2, 0) is 16.6 Å². The van der Waals surface area contributed by atoms with E-state index in [0.717, 1.165) is 5.56 Å². The predicted octanol–water partition coefficient (Wildman–Crippen LogP) is 0.667. The van der Waals surface area contributed by atoms with E-state index in [1.807, 2.05) is 38.3 Å². The van der Waals surface area contributed by atoms with Crippen LogP contribution < -0.4 is 10.6 Å². The predicted molar refractivity (Wildman–Crippen MR) is 107 cm³/mol. The Labute approximate surface area is 168 Å². The maximum atomic E-state index is 12.4. The van der Waals surface area contributed by atoms with Crippen LogP contribution in [0, 0.1) is 6.92 Å². The minimum Gasteiger partial charge on any atom is -0.346 e. The molecule has 0 saturated carbocycles. The molecule has 1 unspecified atom stereocenters. The van der Waals surface area contributed by atoms with E-state index in [-0.39, 0.29) is 12.6 Å². The Bertz CT molecular complexity index is 993. The monoisotopic (exact) mass is 396 g/mol. The first-order chi connectivity index (χ1) is 13.8. The summed E-state index contributed by atoms with van der Waals surface area (Å²) in [6, 6.07) is 6.93. The lowest BCUT2D eigenvalue weighted by Gasteiger charge is -2.23. The van der Waals surface area contributed by atoms with Gasteiger partial charge in [-0.05, 0) is 33.2 Å². The van der Waals surface area contributed by atoms with Crippen molar-refractivity contribution in [2.75, 3.05) is 26.0 Å². The van der Waals surface area contributed by atoms with Crippen LogP contribution in [0.1, 0.15) is 17.3 Å². The van der Waals surface area contributed by atoms with E-state index >= 15 is 0 Å². The molecular formula is C19H24N8O2. The lowest BCUT2D eigenvalue weighted by Crippen LogP contribution is -2.40. The highest BCUT2D eigenvalue weighted by Crippen LogP contribution is 2.17. The third-order valence-corrected chi connectivity index (χ3v) is 4.33. The molecule has 152 valence electrons. The van der Waals surface area contributed by atoms with Gasteiger partial charge in [-0.25, -0.2) is 4.98 Å². The van der Waals surface area contributed by atoms with Crippen LogP contribution in [-0.4, -0.2) is 61.9 Å². The van der Waals surface area contributed by atoms with Crippen molar-refractivity contribution in [2.45, 2.75) is 13.0 Å². The van der Waals surface area contributed by atoms with E-state index in [4.69, 9.17) is 0 Å². The molecule has 0 radical (unpaired) electrons. The van der Waals surface area contributed by atoms with Gasteiger partial charge in [-0.1, -0.05) is 6.07 Å². The van der Waals surface area contributed by atoms with Crippen molar-refractivity contribution in [1.29, 1.82) is 0 Å². The molecule has 0 aliphatic rings. The number of anilines is 1. The highest BCUT2D eigenvalue weighted by molar-refractivity contribution is 6.39. The summed E-state index contributed by atoms with van der Waals surface area (Å²) in [5.41, 5.74) is 1.64. The Morgan fingerprint density at radius 1 is 1.24 bits per heavy atom. The number of carbonyl (C=O) groups is 2. The van der Waals surface area contributed by atoms with Crippen LogP contribution in [0.15, 0.2) is 42.9 Å². The van der Waals surface area contributed by atoms with Crippen LogP contribution >= 0.6 is 0 Å². The second kappa shape index (κ2) is 8.65. The topological polar surface area (TPSA) is 110 Å². The summed E-state index contributed by atoms with van der Waals surface area (Å²) in [5, 5.41) is 13.8. The quantitative estimate of drug-likeness (QED) is 0.593. The molecule has 2 amide bonds. The molecule has 10 nitrogen and oxygen atoms in total. The SMILES string of the molecule is Cc1cc(NC(=O)C(=O)NCC(c2cnn(C)c2)N(C)C)n(-c2ccccn2)n1. The van der Waals surface area contributed by atoms with Crippen LogP contribution in [0.2, 0.25) is 0 Å². The van der Waals surface area contributed by atoms with Gasteiger partial charge >= 0.3 is 11.8 Å². The Kier molecular flexibility index (Phi) is 6.03. The van der Waals surface area contributed by atoms with E-state index in [1.165, 1.54) is 4.68 Å². The largest absolute Gasteiger partial charge is 0.346 e. The van der Waals surface area contributed by atoms with Gasteiger partial charge in [0.15, 0.2) is 5.82 Å². The number of amides is 2. The molecule has 0 aromatic carbocycles. The molecule has 0 saturated heterocycles. The minimum absolute atomic E-state index is 0.109. The van der Waals surface area contributed by atoms with Crippen molar-refractivity contribution in [3.05, 3.63) is 54.1 Å². The van der Waals surface area contributed by atoms with Gasteiger partial charge in [0, 0.05) is 37.6 Å². The molecule has 0 aliphatic heterocycles. The van der Waals surface area contributed by atoms with Gasteiger partial charge in [0.05, 0.1) is 17.9 Å². The van der Waals surface area contributed by atoms with Crippen molar-refractivity contribution in [2.24, 2.45) is 7.05 Å². The molecule has 0 bridgehead atoms. The number of likely N-dealkylation sites (N-methyl/N-ethyl adjacent to an activating group) is 1. The fraction of sp³-hybridized carbons (Fsp3) is 0.316. The summed E-state index contributed by atoms with van der Waals surface area (Å²) in [6.45, 7) is 2.06. The Hall–Kier alpha value is -3.53. The zero-order chi connectivity index (χ0) is 21.0. The van der Waals surface area contributed by atoms with Gasteiger partial charge in [-0.2, -0.15) is 14.9 Å². The Morgan fingerprint density at radius 3 is 2.66 bits per heavy atom. The van der Waals surface area contributed by atoms with Gasteiger partial charge in [0.25, 0.3) is 0 Å². The number of aromatic nitrogens is 5. The lowest BCUT2D eigenvalue weighted by atomic mass is 10.1. The van der Waals surface area contributed by atoms with Gasteiger partial charge in [0.1, 0.15) is 5.82 Å². The van der Waals surface area contributed by atoms with Crippen molar-refractivity contribution in [3.63, 3.8) is 0 Å². The van der Waals surface area contributed by atoms with E-state index in [2.05, 4.69) is 25.8 Å². The first kappa shape index (κ1) is 20.2. The number of pyridine rings is 1. The van der Waals surface area contributed by atoms with Crippen molar-refractivity contribution >= 4 is 17.6 Å². The summed E-state index contributed by atoms with van der Waals surface area (Å²) in [6.07, 6.45) is 5.25. The smallest absolute Gasteiger partial charge is 0.314 e. The molecule has 0 spiro atoms. The fourth-order valence-corrected chi connectivity index (χ4v) is 2.90. The summed E-state index contributed by atoms with van der Waals surface area (Å²) in [4.78, 5) is 30.9. The molecule has 3 aromatic rings. The van der Waals surface area contributed by atoms with Crippen LogP contribution in [0.5, 0.6) is 0 Å². The van der Waals surface area contributed by atoms with E-state index in [1.54, 1.807) is 42.2 Å². The fourth-order valence-electron chi connectivity index (χ4n) is 2.90. The average Bonchev–Trinajstić information content (AvgIpc) is 3.27. The second-order valence-corrected chi connectivity index (χ2v) is 6.86. The molecule has 3 rings (SSSR count). The first-order valence-corrected chi connectivity index (χ1v) is 9.07. The van der Waals surface area contributed by atoms with Crippen LogP contribution in [0.4, 0.5) is 5.82 Å². The van der Waals surface area contributed by atoms with Crippen LogP contribution in [0.3, 0.4) is 0 Å². The average molecular weight is 396 g/mol. The van der Waals surface area contributed by atoms with Gasteiger partial charge in [-0.15, -0.1) is 0 Å². The van der Waals surface area contributed by atoms with Gasteiger partial charge in [-0.3, -0.25) is 14.3 Å². The molecule has 0 fully saturated rings. The maximum Gasteiger partial charge on any atom is 0.314 e. The van der Waals surface area contributed by atoms with E-state index in [9.17, 15) is 9.59 Å². The number of hydrogen-bond acceptors (Lipinski definition) is 6. The molecule has 0 aliphatic carbocycles. The number of nitrogens with one attached hydrogen (secondary N) is 2. The third-order valence-electron chi connectivity index (χ3n) is 4.33. The Balaban J connectivity index is 1.66. The zero-order valence-corrected chi connectivity index (χ0v) is 16.8. The summed E-state index contributed by atoms with van der Waals surface area (Å²) in [7, 11) is 5.63. The summed E-state index contributed by atoms with van der Waals surface area (Å²) < 4.78 is 3.18. The van der Waals surface area contributed by atoms with Crippen LogP contribution in [0.25, 0.3) is 5.82 Å². The molecule has 3 aromatic heterocycles. The number of rotatable bonds is 6. The maximum absolute atomic E-state index is 12.4. The highest BCUT2D eigenvalue weighted by Gasteiger charge is 2.21. The summed E-state index contributed by atoms with van der Waals surface area (Å²) in [5.74, 6) is -0.587. The number of aryl methyl sites for hydroxylation is 2. The van der Waals surface area contributed by atoms with Crippen molar-refractivity contribution in [1.82, 2.24) is 34.8 Å². The Morgan fingerprint density at radius 2 is 2.03 bits per heavy atom. The summed E-state index contributed by atoms with van der Waals surface area (Å²) >= 11 is 0. The highest BCUT2D eigenvalue weighted by atomic mass is 16.2. The number of carbonyl (C=O) groups excluding carboxylic acids is 2. The van der Waals surface area contributed by atoms with E-state index < -0.39 is 11.8 Å². The third kappa shape index (κ3) is 4.85. The zero-order valence-electron chi connectivity index (χ0n) is 16.8. The van der Waals surface area contributed by atoms with Gasteiger partial charge in [0.2, 0.25) is 0 Å². The number of hydrogen-bond donors (Lipinski definition) is 2. The molecule has 1 atom stereocenters. The molecule has 29 heavy (non-hydrogen) atoms. The molecular weight excluding hydrogens is 372 g/mol. The first-order valence-electron chi connectivity index (χ1n) is 9.07. The number of nitrogens with zero attached hydrogens (tertiary/aromatic N) is 6. The van der Waals surface area contributed by atoms with Crippen molar-refractivity contribution in [3.8, 4) is 5.82 Å². The molecule has 2 N–H and O–H groups in total. The standard InChI is InChI=1S/C19H24N8O2/c1-13-9-17(27(24-13)16-7-5-6-8-20-16)23-19(29)18(28)21-11-15(25(2)3)14-10-22-26(4)12-14/h5-10,12,15H,11H2,1-4H3,(H,21,28)(H,23,29).